The van der Waals surface area contributed by atoms with E-state index in [4.69, 9.17) is 0 Å². The van der Waals surface area contributed by atoms with Gasteiger partial charge < -0.3 is 9.80 Å². The Morgan fingerprint density at radius 1 is 1.25 bits per heavy atom. The number of carbonyl (C=O) groups excluding carboxylic acids is 1. The van der Waals surface area contributed by atoms with Gasteiger partial charge in [-0.1, -0.05) is 0 Å². The van der Waals surface area contributed by atoms with Gasteiger partial charge in [-0.25, -0.2) is 0 Å². The van der Waals surface area contributed by atoms with Gasteiger partial charge in [0.2, 0.25) is 5.91 Å². The van der Waals surface area contributed by atoms with E-state index in [1.807, 2.05) is 4.90 Å². The van der Waals surface area contributed by atoms with Crippen molar-refractivity contribution in [3.05, 3.63) is 17.8 Å². The smallest absolute Gasteiger partial charge is 0.219 e. The zero-order valence-corrected chi connectivity index (χ0v) is 14.7. The summed E-state index contributed by atoms with van der Waals surface area (Å²) in [6, 6.07) is 5.19. The summed E-state index contributed by atoms with van der Waals surface area (Å²) in [4.78, 5) is 18.4. The minimum atomic E-state index is 0.215. The molecule has 1 unspecified atom stereocenters. The van der Waals surface area contributed by atoms with Crippen LogP contribution in [0, 0.1) is 0 Å². The first-order valence-corrected chi connectivity index (χ1v) is 9.18. The van der Waals surface area contributed by atoms with Crippen molar-refractivity contribution in [3.63, 3.8) is 0 Å². The maximum absolute atomic E-state index is 11.7. The van der Waals surface area contributed by atoms with Crippen LogP contribution in [-0.4, -0.2) is 71.2 Å². The second-order valence-corrected chi connectivity index (χ2v) is 7.60. The molecule has 1 saturated carbocycles. The summed E-state index contributed by atoms with van der Waals surface area (Å²) in [6.45, 7) is 5.59. The van der Waals surface area contributed by atoms with Crippen LogP contribution in [-0.2, 0) is 4.79 Å². The number of rotatable bonds is 5. The van der Waals surface area contributed by atoms with Gasteiger partial charge in [0.05, 0.1) is 5.69 Å². The SMILES string of the molecule is CC(=O)N1CCCC1CN(C)C1CN(c2ccc(C3CC3)nn2)C1. The van der Waals surface area contributed by atoms with Crippen molar-refractivity contribution in [2.24, 2.45) is 0 Å². The monoisotopic (exact) mass is 329 g/mol. The number of hydrogen-bond donors (Lipinski definition) is 0. The van der Waals surface area contributed by atoms with Crippen LogP contribution in [0.15, 0.2) is 12.1 Å². The number of nitrogens with zero attached hydrogens (tertiary/aromatic N) is 5. The number of hydrogen-bond acceptors (Lipinski definition) is 5. The van der Waals surface area contributed by atoms with E-state index in [2.05, 4.69) is 39.2 Å². The molecule has 0 spiro atoms. The van der Waals surface area contributed by atoms with Crippen LogP contribution in [0.25, 0.3) is 0 Å². The average Bonchev–Trinajstić information content (AvgIpc) is 3.26. The van der Waals surface area contributed by atoms with Gasteiger partial charge in [0, 0.05) is 51.1 Å². The van der Waals surface area contributed by atoms with Crippen LogP contribution in [0.2, 0.25) is 0 Å². The molecule has 3 fully saturated rings. The van der Waals surface area contributed by atoms with Gasteiger partial charge in [-0.2, -0.15) is 5.10 Å². The predicted octanol–water partition coefficient (Wildman–Crippen LogP) is 1.49. The van der Waals surface area contributed by atoms with Crippen molar-refractivity contribution in [1.29, 1.82) is 0 Å². The highest BCUT2D eigenvalue weighted by Crippen LogP contribution is 2.38. The van der Waals surface area contributed by atoms with Crippen LogP contribution < -0.4 is 4.90 Å². The van der Waals surface area contributed by atoms with Crippen molar-refractivity contribution in [2.75, 3.05) is 38.1 Å². The van der Waals surface area contributed by atoms with E-state index in [0.717, 1.165) is 50.5 Å². The minimum absolute atomic E-state index is 0.215. The molecule has 2 saturated heterocycles. The van der Waals surface area contributed by atoms with E-state index in [0.29, 0.717) is 18.0 Å². The van der Waals surface area contributed by atoms with Gasteiger partial charge in [0.25, 0.3) is 0 Å². The quantitative estimate of drug-likeness (QED) is 0.819. The molecule has 6 heteroatoms. The summed E-state index contributed by atoms with van der Waals surface area (Å²) in [5.74, 6) is 1.87. The summed E-state index contributed by atoms with van der Waals surface area (Å²) in [5.41, 5.74) is 1.15. The zero-order valence-electron chi connectivity index (χ0n) is 14.7. The molecule has 0 N–H and O–H groups in total. The molecule has 1 amide bonds. The first-order chi connectivity index (χ1) is 11.6. The molecule has 0 bridgehead atoms. The van der Waals surface area contributed by atoms with Crippen molar-refractivity contribution in [3.8, 4) is 0 Å². The third kappa shape index (κ3) is 3.11. The van der Waals surface area contributed by atoms with Crippen molar-refractivity contribution >= 4 is 11.7 Å². The molecule has 3 heterocycles. The Bertz CT molecular complexity index is 594. The normalized spacial score (nSPS) is 24.5. The van der Waals surface area contributed by atoms with Gasteiger partial charge in [0.1, 0.15) is 0 Å². The minimum Gasteiger partial charge on any atom is -0.352 e. The lowest BCUT2D eigenvalue weighted by atomic mass is 10.1. The zero-order chi connectivity index (χ0) is 16.7. The molecule has 1 aromatic heterocycles. The standard InChI is InChI=1S/C18H27N5O/c1-13(24)23-9-3-4-15(23)10-21(2)16-11-22(12-16)18-8-7-17(19-20-18)14-5-6-14/h7-8,14-16H,3-6,9-12H2,1-2H3. The van der Waals surface area contributed by atoms with Gasteiger partial charge in [-0.3, -0.25) is 9.69 Å². The van der Waals surface area contributed by atoms with E-state index in [-0.39, 0.29) is 5.91 Å². The lowest BCUT2D eigenvalue weighted by Crippen LogP contribution is -2.60. The predicted molar refractivity (Wildman–Crippen MR) is 93.0 cm³/mol. The summed E-state index contributed by atoms with van der Waals surface area (Å²) in [5, 5.41) is 8.78. The number of aromatic nitrogens is 2. The second kappa shape index (κ2) is 6.31. The molecular formula is C18H27N5O. The van der Waals surface area contributed by atoms with Crippen LogP contribution in [0.5, 0.6) is 0 Å². The first-order valence-electron chi connectivity index (χ1n) is 9.18. The largest absolute Gasteiger partial charge is 0.352 e. The Kier molecular flexibility index (Phi) is 4.16. The third-order valence-corrected chi connectivity index (χ3v) is 5.76. The van der Waals surface area contributed by atoms with E-state index in [9.17, 15) is 4.79 Å². The maximum Gasteiger partial charge on any atom is 0.219 e. The number of likely N-dealkylation sites (N-methyl/N-ethyl adjacent to an activating group) is 1. The lowest BCUT2D eigenvalue weighted by molar-refractivity contribution is -0.130. The highest BCUT2D eigenvalue weighted by Gasteiger charge is 2.35. The maximum atomic E-state index is 11.7. The topological polar surface area (TPSA) is 52.6 Å². The molecular weight excluding hydrogens is 302 g/mol. The molecule has 6 nitrogen and oxygen atoms in total. The number of likely N-dealkylation sites (tertiary alicyclic amines) is 1. The van der Waals surface area contributed by atoms with E-state index < -0.39 is 0 Å². The summed E-state index contributed by atoms with van der Waals surface area (Å²) >= 11 is 0. The number of amides is 1. The second-order valence-electron chi connectivity index (χ2n) is 7.60. The number of anilines is 1. The van der Waals surface area contributed by atoms with Crippen LogP contribution >= 0.6 is 0 Å². The van der Waals surface area contributed by atoms with Gasteiger partial charge in [0.15, 0.2) is 5.82 Å². The molecule has 4 rings (SSSR count). The van der Waals surface area contributed by atoms with Crippen LogP contribution in [0.3, 0.4) is 0 Å². The molecule has 24 heavy (non-hydrogen) atoms. The summed E-state index contributed by atoms with van der Waals surface area (Å²) < 4.78 is 0. The molecule has 1 aliphatic carbocycles. The molecule has 3 aliphatic rings. The fourth-order valence-electron chi connectivity index (χ4n) is 3.94. The highest BCUT2D eigenvalue weighted by atomic mass is 16.2. The number of carbonyl (C=O) groups is 1. The van der Waals surface area contributed by atoms with Crippen molar-refractivity contribution in [1.82, 2.24) is 20.0 Å². The van der Waals surface area contributed by atoms with Gasteiger partial charge in [-0.15, -0.1) is 5.10 Å². The summed E-state index contributed by atoms with van der Waals surface area (Å²) in [6.07, 6.45) is 4.80. The Morgan fingerprint density at radius 2 is 2.04 bits per heavy atom. The third-order valence-electron chi connectivity index (χ3n) is 5.76. The molecule has 1 aromatic rings. The molecule has 0 radical (unpaired) electrons. The van der Waals surface area contributed by atoms with E-state index in [1.54, 1.807) is 6.92 Å². The Balaban J connectivity index is 1.28. The molecule has 0 aromatic carbocycles. The van der Waals surface area contributed by atoms with Crippen LogP contribution in [0.1, 0.15) is 44.2 Å². The highest BCUT2D eigenvalue weighted by molar-refractivity contribution is 5.73. The fourth-order valence-corrected chi connectivity index (χ4v) is 3.94. The Hall–Kier alpha value is -1.69. The summed E-state index contributed by atoms with van der Waals surface area (Å²) in [7, 11) is 2.18. The first kappa shape index (κ1) is 15.8. The van der Waals surface area contributed by atoms with Gasteiger partial charge >= 0.3 is 0 Å². The fraction of sp³-hybridized carbons (Fsp3) is 0.722. The Morgan fingerprint density at radius 3 is 2.67 bits per heavy atom. The molecule has 2 aliphatic heterocycles. The molecule has 130 valence electrons. The van der Waals surface area contributed by atoms with Gasteiger partial charge in [-0.05, 0) is 44.9 Å². The Labute approximate surface area is 143 Å². The average molecular weight is 329 g/mol. The van der Waals surface area contributed by atoms with Crippen LogP contribution in [0.4, 0.5) is 5.82 Å². The van der Waals surface area contributed by atoms with E-state index >= 15 is 0 Å². The van der Waals surface area contributed by atoms with E-state index in [1.165, 1.54) is 12.8 Å². The van der Waals surface area contributed by atoms with Crippen molar-refractivity contribution < 1.29 is 4.79 Å². The van der Waals surface area contributed by atoms with Crippen molar-refractivity contribution in [2.45, 2.75) is 50.6 Å². The molecule has 1 atom stereocenters. The lowest BCUT2D eigenvalue weighted by Gasteiger charge is -2.45.